The molecule has 0 unspecified atom stereocenters. The van der Waals surface area contributed by atoms with Crippen molar-refractivity contribution >= 4 is 17.8 Å². The summed E-state index contributed by atoms with van der Waals surface area (Å²) < 4.78 is 22.8. The first-order chi connectivity index (χ1) is 16.0. The SMILES string of the molecule is CC(C)(C)Oc1cccc(OC(C)(C)C)c1/C=C/C(=O)c1ccc(OCOC(=O)C(C)(C)C)cc1. The molecule has 0 aromatic heterocycles. The number of hydrogen-bond acceptors (Lipinski definition) is 6. The summed E-state index contributed by atoms with van der Waals surface area (Å²) in [7, 11) is 0. The molecule has 2 rings (SSSR count). The first-order valence-corrected chi connectivity index (χ1v) is 11.7. The molecular weight excluding hydrogens is 444 g/mol. The van der Waals surface area contributed by atoms with Crippen molar-refractivity contribution in [1.82, 2.24) is 0 Å². The Morgan fingerprint density at radius 1 is 0.771 bits per heavy atom. The van der Waals surface area contributed by atoms with Crippen LogP contribution in [0.1, 0.15) is 78.2 Å². The second kappa shape index (κ2) is 11.0. The number of allylic oxidation sites excluding steroid dienone is 1. The number of hydrogen-bond donors (Lipinski definition) is 0. The average molecular weight is 483 g/mol. The van der Waals surface area contributed by atoms with Gasteiger partial charge in [0.15, 0.2) is 5.78 Å². The maximum Gasteiger partial charge on any atom is 0.314 e. The molecular formula is C29H38O6. The maximum absolute atomic E-state index is 12.9. The van der Waals surface area contributed by atoms with Crippen LogP contribution in [-0.2, 0) is 9.53 Å². The molecule has 0 saturated carbocycles. The molecule has 35 heavy (non-hydrogen) atoms. The van der Waals surface area contributed by atoms with Crippen LogP contribution in [0.15, 0.2) is 48.5 Å². The van der Waals surface area contributed by atoms with Gasteiger partial charge in [-0.05, 0) is 111 Å². The van der Waals surface area contributed by atoms with Gasteiger partial charge in [0.1, 0.15) is 28.5 Å². The van der Waals surface area contributed by atoms with Crippen LogP contribution in [0.3, 0.4) is 0 Å². The van der Waals surface area contributed by atoms with Crippen LogP contribution in [0.2, 0.25) is 0 Å². The molecule has 0 atom stereocenters. The van der Waals surface area contributed by atoms with Gasteiger partial charge in [0.05, 0.1) is 11.0 Å². The van der Waals surface area contributed by atoms with E-state index < -0.39 is 16.6 Å². The van der Waals surface area contributed by atoms with Crippen molar-refractivity contribution in [2.75, 3.05) is 6.79 Å². The number of ether oxygens (including phenoxy) is 4. The normalized spacial score (nSPS) is 12.4. The van der Waals surface area contributed by atoms with Gasteiger partial charge in [-0.25, -0.2) is 0 Å². The van der Waals surface area contributed by atoms with E-state index in [4.69, 9.17) is 18.9 Å². The largest absolute Gasteiger partial charge is 0.487 e. The van der Waals surface area contributed by atoms with Crippen molar-refractivity contribution in [2.45, 2.75) is 73.5 Å². The molecule has 0 aliphatic rings. The van der Waals surface area contributed by atoms with Gasteiger partial charge < -0.3 is 18.9 Å². The van der Waals surface area contributed by atoms with Crippen molar-refractivity contribution in [2.24, 2.45) is 5.41 Å². The number of rotatable bonds is 8. The van der Waals surface area contributed by atoms with Crippen LogP contribution in [0.4, 0.5) is 0 Å². The highest BCUT2D eigenvalue weighted by Crippen LogP contribution is 2.34. The van der Waals surface area contributed by atoms with E-state index in [1.807, 2.05) is 59.7 Å². The quantitative estimate of drug-likeness (QED) is 0.177. The number of carbonyl (C=O) groups is 2. The van der Waals surface area contributed by atoms with E-state index in [1.165, 1.54) is 6.08 Å². The minimum atomic E-state index is -0.597. The molecule has 0 radical (unpaired) electrons. The van der Waals surface area contributed by atoms with Crippen LogP contribution in [0.25, 0.3) is 6.08 Å². The van der Waals surface area contributed by atoms with Crippen molar-refractivity contribution in [3.63, 3.8) is 0 Å². The topological polar surface area (TPSA) is 71.1 Å². The van der Waals surface area contributed by atoms with Gasteiger partial charge >= 0.3 is 5.97 Å². The van der Waals surface area contributed by atoms with Crippen LogP contribution in [0.5, 0.6) is 17.2 Å². The predicted octanol–water partition coefficient (Wildman–Crippen LogP) is 6.86. The van der Waals surface area contributed by atoms with Gasteiger partial charge in [-0.15, -0.1) is 0 Å². The Balaban J connectivity index is 2.17. The smallest absolute Gasteiger partial charge is 0.314 e. The fourth-order valence-electron chi connectivity index (χ4n) is 2.86. The van der Waals surface area contributed by atoms with Gasteiger partial charge in [-0.1, -0.05) is 6.07 Å². The minimum Gasteiger partial charge on any atom is -0.487 e. The molecule has 0 amide bonds. The summed E-state index contributed by atoms with van der Waals surface area (Å²) in [5.41, 5.74) is -0.229. The van der Waals surface area contributed by atoms with Gasteiger partial charge in [0, 0.05) is 5.56 Å². The number of benzene rings is 2. The zero-order valence-electron chi connectivity index (χ0n) is 22.4. The Labute approximate surface area is 209 Å². The molecule has 190 valence electrons. The molecule has 6 nitrogen and oxygen atoms in total. The van der Waals surface area contributed by atoms with E-state index in [2.05, 4.69) is 0 Å². The maximum atomic E-state index is 12.9. The van der Waals surface area contributed by atoms with Crippen molar-refractivity contribution in [3.8, 4) is 17.2 Å². The Hall–Kier alpha value is -3.28. The van der Waals surface area contributed by atoms with E-state index in [0.29, 0.717) is 28.4 Å². The predicted molar refractivity (Wildman–Crippen MR) is 138 cm³/mol. The van der Waals surface area contributed by atoms with Crippen molar-refractivity contribution < 1.29 is 28.5 Å². The molecule has 6 heteroatoms. The molecule has 0 bridgehead atoms. The zero-order valence-corrected chi connectivity index (χ0v) is 22.4. The Morgan fingerprint density at radius 3 is 1.74 bits per heavy atom. The fourth-order valence-corrected chi connectivity index (χ4v) is 2.86. The summed E-state index contributed by atoms with van der Waals surface area (Å²) in [6, 6.07) is 12.3. The first kappa shape index (κ1) is 28.0. The number of carbonyl (C=O) groups excluding carboxylic acids is 2. The summed E-state index contributed by atoms with van der Waals surface area (Å²) in [5.74, 6) is 1.24. The van der Waals surface area contributed by atoms with Crippen LogP contribution in [-0.4, -0.2) is 29.7 Å². The lowest BCUT2D eigenvalue weighted by Crippen LogP contribution is -2.25. The van der Waals surface area contributed by atoms with Crippen molar-refractivity contribution in [3.05, 3.63) is 59.7 Å². The lowest BCUT2D eigenvalue weighted by molar-refractivity contribution is -0.159. The monoisotopic (exact) mass is 482 g/mol. The van der Waals surface area contributed by atoms with E-state index in [0.717, 1.165) is 0 Å². The first-order valence-electron chi connectivity index (χ1n) is 11.7. The molecule has 0 saturated heterocycles. The summed E-state index contributed by atoms with van der Waals surface area (Å²) in [5, 5.41) is 0. The summed E-state index contributed by atoms with van der Waals surface area (Å²) >= 11 is 0. The second-order valence-electron chi connectivity index (χ2n) is 11.3. The van der Waals surface area contributed by atoms with Gasteiger partial charge in [-0.2, -0.15) is 0 Å². The summed E-state index contributed by atoms with van der Waals surface area (Å²) in [6.07, 6.45) is 3.22. The highest BCUT2D eigenvalue weighted by Gasteiger charge is 2.23. The molecule has 0 N–H and O–H groups in total. The Bertz CT molecular complexity index is 1010. The molecule has 2 aromatic rings. The molecule has 0 heterocycles. The Kier molecular flexibility index (Phi) is 8.77. The van der Waals surface area contributed by atoms with E-state index in [-0.39, 0.29) is 18.5 Å². The van der Waals surface area contributed by atoms with Crippen LogP contribution in [0, 0.1) is 5.41 Å². The van der Waals surface area contributed by atoms with E-state index in [9.17, 15) is 9.59 Å². The minimum absolute atomic E-state index is 0.178. The summed E-state index contributed by atoms with van der Waals surface area (Å²) in [4.78, 5) is 24.7. The lowest BCUT2D eigenvalue weighted by atomic mass is 9.98. The van der Waals surface area contributed by atoms with E-state index >= 15 is 0 Å². The average Bonchev–Trinajstić information content (AvgIpc) is 2.70. The highest BCUT2D eigenvalue weighted by atomic mass is 16.7. The van der Waals surface area contributed by atoms with Gasteiger partial charge in [-0.3, -0.25) is 9.59 Å². The van der Waals surface area contributed by atoms with Crippen LogP contribution < -0.4 is 14.2 Å². The van der Waals surface area contributed by atoms with Crippen LogP contribution >= 0.6 is 0 Å². The lowest BCUT2D eigenvalue weighted by Gasteiger charge is -2.26. The third-order valence-corrected chi connectivity index (χ3v) is 4.43. The highest BCUT2D eigenvalue weighted by molar-refractivity contribution is 6.07. The third-order valence-electron chi connectivity index (χ3n) is 4.43. The van der Waals surface area contributed by atoms with Gasteiger partial charge in [0.2, 0.25) is 6.79 Å². The number of esters is 1. The molecule has 0 fully saturated rings. The second-order valence-corrected chi connectivity index (χ2v) is 11.3. The number of ketones is 1. The molecule has 0 spiro atoms. The molecule has 0 aliphatic heterocycles. The molecule has 2 aromatic carbocycles. The van der Waals surface area contributed by atoms with Gasteiger partial charge in [0.25, 0.3) is 0 Å². The Morgan fingerprint density at radius 2 is 1.29 bits per heavy atom. The van der Waals surface area contributed by atoms with E-state index in [1.54, 1.807) is 51.1 Å². The van der Waals surface area contributed by atoms with Crippen molar-refractivity contribution in [1.29, 1.82) is 0 Å². The summed E-state index contributed by atoms with van der Waals surface area (Å²) in [6.45, 7) is 16.9. The molecule has 0 aliphatic carbocycles. The zero-order chi connectivity index (χ0) is 26.4. The fraction of sp³-hybridized carbons (Fsp3) is 0.448. The third kappa shape index (κ3) is 9.47. The standard InChI is InChI=1S/C29H38O6/c1-27(2,3)26(31)33-19-32-21-15-13-20(14-16-21)23(30)18-17-22-24(34-28(4,5)6)11-10-12-25(22)35-29(7,8)9/h10-18H,19H2,1-9H3/b18-17+.